The van der Waals surface area contributed by atoms with Gasteiger partial charge >= 0.3 is 6.18 Å². The van der Waals surface area contributed by atoms with Crippen molar-refractivity contribution in [3.63, 3.8) is 0 Å². The lowest BCUT2D eigenvalue weighted by Crippen LogP contribution is -2.12. The molecule has 0 saturated carbocycles. The number of hydrogen-bond acceptors (Lipinski definition) is 3. The average molecular weight is 298 g/mol. The number of nitrogens with one attached hydrogen (secondary N) is 1. The minimum Gasteiger partial charge on any atom is -0.374 e. The molecule has 4 nitrogen and oxygen atoms in total. The van der Waals surface area contributed by atoms with Gasteiger partial charge in [0.1, 0.15) is 12.4 Å². The van der Waals surface area contributed by atoms with Crippen LogP contribution in [0.25, 0.3) is 11.3 Å². The van der Waals surface area contributed by atoms with Crippen molar-refractivity contribution in [1.29, 1.82) is 0 Å². The first-order valence-electron chi connectivity index (χ1n) is 6.26. The molecule has 0 aliphatic carbocycles. The first kappa shape index (κ1) is 15.2. The lowest BCUT2D eigenvalue weighted by atomic mass is 10.1. The van der Waals surface area contributed by atoms with E-state index in [0.29, 0.717) is 23.7 Å². The summed E-state index contributed by atoms with van der Waals surface area (Å²) in [6.45, 7) is 2.41. The second-order valence-electron chi connectivity index (χ2n) is 4.29. The van der Waals surface area contributed by atoms with Gasteiger partial charge < -0.3 is 9.72 Å². The van der Waals surface area contributed by atoms with Crippen LogP contribution in [-0.4, -0.2) is 16.6 Å². The van der Waals surface area contributed by atoms with Crippen molar-refractivity contribution in [2.24, 2.45) is 0 Å². The molecule has 7 heteroatoms. The van der Waals surface area contributed by atoms with E-state index >= 15 is 0 Å². The van der Waals surface area contributed by atoms with Crippen LogP contribution in [0, 0.1) is 0 Å². The van der Waals surface area contributed by atoms with Gasteiger partial charge in [-0.05, 0) is 19.1 Å². The predicted octanol–water partition coefficient (Wildman–Crippen LogP) is 2.99. The largest absolute Gasteiger partial charge is 0.416 e. The molecule has 0 atom stereocenters. The predicted molar refractivity (Wildman–Crippen MR) is 70.6 cm³/mol. The Hall–Kier alpha value is -2.15. The standard InChI is InChI=1S/C14H13F3N2O2/c1-2-21-8-12-18-11(7-13(20)19-12)9-3-5-10(6-4-9)14(15,16)17/h3-7H,2,8H2,1H3,(H,18,19,20). The topological polar surface area (TPSA) is 55.0 Å². The number of benzene rings is 1. The summed E-state index contributed by atoms with van der Waals surface area (Å²) in [5, 5.41) is 0. The van der Waals surface area contributed by atoms with Crippen LogP contribution in [0.2, 0.25) is 0 Å². The van der Waals surface area contributed by atoms with Crippen molar-refractivity contribution >= 4 is 0 Å². The van der Waals surface area contributed by atoms with E-state index in [4.69, 9.17) is 4.74 Å². The molecule has 2 rings (SSSR count). The van der Waals surface area contributed by atoms with Crippen molar-refractivity contribution in [3.8, 4) is 11.3 Å². The van der Waals surface area contributed by atoms with Crippen molar-refractivity contribution in [1.82, 2.24) is 9.97 Å². The molecule has 0 aliphatic rings. The highest BCUT2D eigenvalue weighted by atomic mass is 19.4. The Morgan fingerprint density at radius 2 is 1.90 bits per heavy atom. The number of hydrogen-bond donors (Lipinski definition) is 1. The summed E-state index contributed by atoms with van der Waals surface area (Å²) < 4.78 is 42.7. The van der Waals surface area contributed by atoms with Gasteiger partial charge in [0.2, 0.25) is 0 Å². The molecule has 21 heavy (non-hydrogen) atoms. The molecular weight excluding hydrogens is 285 g/mol. The minimum absolute atomic E-state index is 0.139. The lowest BCUT2D eigenvalue weighted by Gasteiger charge is -2.08. The number of ether oxygens (including phenoxy) is 1. The molecule has 1 heterocycles. The SMILES string of the molecule is CCOCc1nc(-c2ccc(C(F)(F)F)cc2)cc(=O)[nH]1. The highest BCUT2D eigenvalue weighted by Crippen LogP contribution is 2.30. The first-order chi connectivity index (χ1) is 9.90. The van der Waals surface area contributed by atoms with Crippen LogP contribution in [0.3, 0.4) is 0 Å². The van der Waals surface area contributed by atoms with Crippen LogP contribution in [0.4, 0.5) is 13.2 Å². The average Bonchev–Trinajstić information content (AvgIpc) is 2.44. The Morgan fingerprint density at radius 3 is 2.48 bits per heavy atom. The quantitative estimate of drug-likeness (QED) is 0.944. The van der Waals surface area contributed by atoms with E-state index < -0.39 is 11.7 Å². The molecular formula is C14H13F3N2O2. The normalized spacial score (nSPS) is 11.6. The molecule has 1 N–H and O–H groups in total. The van der Waals surface area contributed by atoms with Gasteiger partial charge in [0.25, 0.3) is 5.56 Å². The zero-order chi connectivity index (χ0) is 15.5. The zero-order valence-electron chi connectivity index (χ0n) is 11.2. The number of aromatic nitrogens is 2. The number of alkyl halides is 3. The van der Waals surface area contributed by atoms with E-state index in [9.17, 15) is 18.0 Å². The van der Waals surface area contributed by atoms with E-state index in [2.05, 4.69) is 9.97 Å². The number of rotatable bonds is 4. The fourth-order valence-corrected chi connectivity index (χ4v) is 1.75. The van der Waals surface area contributed by atoms with Gasteiger partial charge in [0.05, 0.1) is 11.3 Å². The Bertz CT molecular complexity index is 663. The second-order valence-corrected chi connectivity index (χ2v) is 4.29. The van der Waals surface area contributed by atoms with Gasteiger partial charge in [-0.3, -0.25) is 4.79 Å². The summed E-state index contributed by atoms with van der Waals surface area (Å²) in [4.78, 5) is 18.2. The molecule has 0 unspecified atom stereocenters. The van der Waals surface area contributed by atoms with Crippen LogP contribution in [0.1, 0.15) is 18.3 Å². The van der Waals surface area contributed by atoms with E-state index in [1.54, 1.807) is 6.92 Å². The summed E-state index contributed by atoms with van der Waals surface area (Å²) >= 11 is 0. The lowest BCUT2D eigenvalue weighted by molar-refractivity contribution is -0.137. The van der Waals surface area contributed by atoms with Crippen LogP contribution in [-0.2, 0) is 17.5 Å². The van der Waals surface area contributed by atoms with Gasteiger partial charge in [-0.15, -0.1) is 0 Å². The van der Waals surface area contributed by atoms with E-state index in [0.717, 1.165) is 12.1 Å². The fraction of sp³-hybridized carbons (Fsp3) is 0.286. The maximum Gasteiger partial charge on any atom is 0.416 e. The van der Waals surface area contributed by atoms with Crippen LogP contribution in [0.15, 0.2) is 35.1 Å². The Morgan fingerprint density at radius 1 is 1.24 bits per heavy atom. The van der Waals surface area contributed by atoms with Crippen LogP contribution in [0.5, 0.6) is 0 Å². The van der Waals surface area contributed by atoms with E-state index in [1.165, 1.54) is 18.2 Å². The van der Waals surface area contributed by atoms with Crippen molar-refractivity contribution in [3.05, 3.63) is 52.1 Å². The third-order valence-electron chi connectivity index (χ3n) is 2.74. The molecule has 1 aromatic heterocycles. The van der Waals surface area contributed by atoms with Crippen LogP contribution < -0.4 is 5.56 Å². The summed E-state index contributed by atoms with van der Waals surface area (Å²) in [5.74, 6) is 0.333. The molecule has 0 aliphatic heterocycles. The maximum absolute atomic E-state index is 12.5. The molecule has 0 radical (unpaired) electrons. The molecule has 1 aromatic carbocycles. The Balaban J connectivity index is 2.33. The van der Waals surface area contributed by atoms with Gasteiger partial charge in [0, 0.05) is 18.2 Å². The monoisotopic (exact) mass is 298 g/mol. The zero-order valence-corrected chi connectivity index (χ0v) is 11.2. The maximum atomic E-state index is 12.5. The van der Waals surface area contributed by atoms with Crippen LogP contribution >= 0.6 is 0 Å². The third kappa shape index (κ3) is 3.91. The summed E-state index contributed by atoms with van der Waals surface area (Å²) in [6, 6.07) is 5.73. The number of H-pyrrole nitrogens is 1. The van der Waals surface area contributed by atoms with Crippen molar-refractivity contribution in [2.45, 2.75) is 19.7 Å². The number of aromatic amines is 1. The Kier molecular flexibility index (Phi) is 4.42. The molecule has 0 amide bonds. The van der Waals surface area contributed by atoms with Crippen molar-refractivity contribution in [2.75, 3.05) is 6.61 Å². The second kappa shape index (κ2) is 6.09. The van der Waals surface area contributed by atoms with Gasteiger partial charge in [0.15, 0.2) is 0 Å². The molecule has 0 saturated heterocycles. The van der Waals surface area contributed by atoms with Gasteiger partial charge in [-0.25, -0.2) is 4.98 Å². The van der Waals surface area contributed by atoms with Gasteiger partial charge in [-0.2, -0.15) is 13.2 Å². The number of halogens is 3. The van der Waals surface area contributed by atoms with Crippen molar-refractivity contribution < 1.29 is 17.9 Å². The van der Waals surface area contributed by atoms with E-state index in [-0.39, 0.29) is 12.2 Å². The summed E-state index contributed by atoms with van der Waals surface area (Å²) in [7, 11) is 0. The molecule has 0 fully saturated rings. The van der Waals surface area contributed by atoms with E-state index in [1.807, 2.05) is 0 Å². The minimum atomic E-state index is -4.39. The third-order valence-corrected chi connectivity index (χ3v) is 2.74. The summed E-state index contributed by atoms with van der Waals surface area (Å²) in [5.41, 5.74) is -0.380. The fourth-order valence-electron chi connectivity index (χ4n) is 1.75. The highest BCUT2D eigenvalue weighted by molar-refractivity contribution is 5.59. The number of nitrogens with zero attached hydrogens (tertiary/aromatic N) is 1. The smallest absolute Gasteiger partial charge is 0.374 e. The molecule has 0 spiro atoms. The Labute approximate surface area is 118 Å². The highest BCUT2D eigenvalue weighted by Gasteiger charge is 2.30. The molecule has 0 bridgehead atoms. The molecule has 112 valence electrons. The molecule has 2 aromatic rings. The van der Waals surface area contributed by atoms with Gasteiger partial charge in [-0.1, -0.05) is 12.1 Å². The summed E-state index contributed by atoms with van der Waals surface area (Å²) in [6.07, 6.45) is -4.39. The first-order valence-corrected chi connectivity index (χ1v) is 6.26.